The minimum absolute atomic E-state index is 0.613. The quantitative estimate of drug-likeness (QED) is 0.651. The molecule has 0 bridgehead atoms. The lowest BCUT2D eigenvalue weighted by Gasteiger charge is -2.08. The van der Waals surface area contributed by atoms with E-state index in [-0.39, 0.29) is 0 Å². The molecule has 16 heavy (non-hydrogen) atoms. The summed E-state index contributed by atoms with van der Waals surface area (Å²) >= 11 is 7.74. The fraction of sp³-hybridized carbons (Fsp3) is 0.571. The minimum Gasteiger partial charge on any atom is -0.157 e. The molecule has 0 fully saturated rings. The maximum absolute atomic E-state index is 5.78. The molecule has 0 N–H and O–H groups in total. The summed E-state index contributed by atoms with van der Waals surface area (Å²) < 4.78 is 0. The largest absolute Gasteiger partial charge is 0.157 e. The molecular formula is C14H21ClS. The normalized spacial score (nSPS) is 13.1. The van der Waals surface area contributed by atoms with E-state index in [2.05, 4.69) is 45.0 Å². The molecule has 0 radical (unpaired) electrons. The van der Waals surface area contributed by atoms with Crippen molar-refractivity contribution in [1.82, 2.24) is 0 Å². The first kappa shape index (κ1) is 13.9. The van der Waals surface area contributed by atoms with Gasteiger partial charge < -0.3 is 0 Å². The standard InChI is InChI=1S/C14H21ClS/c1-11(2)14-6-4-13(5-7-14)10-16-9-12(3)8-15/h4-7,11-12H,8-10H2,1-3H3. The van der Waals surface area contributed by atoms with Crippen LogP contribution in [0, 0.1) is 5.92 Å². The first-order chi connectivity index (χ1) is 7.63. The Morgan fingerprint density at radius 2 is 1.75 bits per heavy atom. The zero-order valence-corrected chi connectivity index (χ0v) is 11.9. The van der Waals surface area contributed by atoms with Crippen LogP contribution in [0.25, 0.3) is 0 Å². The lowest BCUT2D eigenvalue weighted by Crippen LogP contribution is -1.99. The van der Waals surface area contributed by atoms with Crippen LogP contribution in [0.1, 0.15) is 37.8 Å². The summed E-state index contributed by atoms with van der Waals surface area (Å²) in [6.45, 7) is 6.65. The van der Waals surface area contributed by atoms with Gasteiger partial charge in [-0.1, -0.05) is 45.0 Å². The summed E-state index contributed by atoms with van der Waals surface area (Å²) in [4.78, 5) is 0. The van der Waals surface area contributed by atoms with Crippen molar-refractivity contribution in [3.05, 3.63) is 35.4 Å². The van der Waals surface area contributed by atoms with Crippen molar-refractivity contribution in [3.8, 4) is 0 Å². The molecule has 0 amide bonds. The zero-order chi connectivity index (χ0) is 12.0. The molecule has 0 spiro atoms. The highest BCUT2D eigenvalue weighted by Gasteiger charge is 2.02. The molecule has 1 aromatic carbocycles. The molecule has 0 aliphatic heterocycles. The van der Waals surface area contributed by atoms with Crippen LogP contribution < -0.4 is 0 Å². The van der Waals surface area contributed by atoms with E-state index in [0.717, 1.165) is 17.4 Å². The Hall–Kier alpha value is -0.140. The summed E-state index contributed by atoms with van der Waals surface area (Å²) in [6, 6.07) is 8.97. The van der Waals surface area contributed by atoms with Crippen molar-refractivity contribution < 1.29 is 0 Å². The van der Waals surface area contributed by atoms with E-state index >= 15 is 0 Å². The van der Waals surface area contributed by atoms with Crippen LogP contribution >= 0.6 is 23.4 Å². The van der Waals surface area contributed by atoms with Crippen LogP contribution in [0.4, 0.5) is 0 Å². The number of rotatable bonds is 6. The second-order valence-electron chi connectivity index (χ2n) is 4.67. The Labute approximate surface area is 109 Å². The van der Waals surface area contributed by atoms with E-state index < -0.39 is 0 Å². The molecule has 1 aromatic rings. The van der Waals surface area contributed by atoms with Crippen molar-refractivity contribution in [3.63, 3.8) is 0 Å². The molecule has 0 saturated heterocycles. The van der Waals surface area contributed by atoms with Crippen LogP contribution in [0.15, 0.2) is 24.3 Å². The van der Waals surface area contributed by atoms with Crippen molar-refractivity contribution in [2.24, 2.45) is 5.92 Å². The zero-order valence-electron chi connectivity index (χ0n) is 10.4. The van der Waals surface area contributed by atoms with Crippen molar-refractivity contribution in [2.75, 3.05) is 11.6 Å². The van der Waals surface area contributed by atoms with Crippen LogP contribution in [0.3, 0.4) is 0 Å². The van der Waals surface area contributed by atoms with Gasteiger partial charge in [-0.25, -0.2) is 0 Å². The van der Waals surface area contributed by atoms with Gasteiger partial charge in [0.1, 0.15) is 0 Å². The van der Waals surface area contributed by atoms with Gasteiger partial charge in [-0.05, 0) is 28.7 Å². The Morgan fingerprint density at radius 1 is 1.12 bits per heavy atom. The van der Waals surface area contributed by atoms with Gasteiger partial charge in [0.2, 0.25) is 0 Å². The van der Waals surface area contributed by atoms with E-state index in [0.29, 0.717) is 11.8 Å². The van der Waals surface area contributed by atoms with Gasteiger partial charge in [-0.15, -0.1) is 11.6 Å². The highest BCUT2D eigenvalue weighted by Crippen LogP contribution is 2.19. The fourth-order valence-electron chi connectivity index (χ4n) is 1.42. The highest BCUT2D eigenvalue weighted by atomic mass is 35.5. The molecule has 2 heteroatoms. The smallest absolute Gasteiger partial charge is 0.0257 e. The topological polar surface area (TPSA) is 0 Å². The number of alkyl halides is 1. The third-order valence-electron chi connectivity index (χ3n) is 2.58. The molecule has 0 aliphatic rings. The Kier molecular flexibility index (Phi) is 6.30. The van der Waals surface area contributed by atoms with Crippen molar-refractivity contribution in [2.45, 2.75) is 32.4 Å². The summed E-state index contributed by atoms with van der Waals surface area (Å²) in [5, 5.41) is 0. The molecule has 0 saturated carbocycles. The van der Waals surface area contributed by atoms with Gasteiger partial charge >= 0.3 is 0 Å². The predicted octanol–water partition coefficient (Wildman–Crippen LogP) is 4.92. The third kappa shape index (κ3) is 4.80. The molecule has 0 heterocycles. The molecule has 1 unspecified atom stereocenters. The van der Waals surface area contributed by atoms with Crippen molar-refractivity contribution in [1.29, 1.82) is 0 Å². The summed E-state index contributed by atoms with van der Waals surface area (Å²) in [7, 11) is 0. The lowest BCUT2D eigenvalue weighted by molar-refractivity contribution is 0.759. The third-order valence-corrected chi connectivity index (χ3v) is 4.45. The van der Waals surface area contributed by atoms with E-state index in [1.807, 2.05) is 11.8 Å². The number of benzene rings is 1. The maximum atomic E-state index is 5.78. The molecule has 1 atom stereocenters. The predicted molar refractivity (Wildman–Crippen MR) is 76.6 cm³/mol. The van der Waals surface area contributed by atoms with E-state index in [1.165, 1.54) is 11.1 Å². The Bertz CT molecular complexity index is 292. The Balaban J connectivity index is 2.38. The van der Waals surface area contributed by atoms with Gasteiger partial charge in [-0.2, -0.15) is 11.8 Å². The fourth-order valence-corrected chi connectivity index (χ4v) is 2.73. The maximum Gasteiger partial charge on any atom is 0.0257 e. The number of hydrogen-bond acceptors (Lipinski definition) is 1. The first-order valence-electron chi connectivity index (χ1n) is 5.86. The average Bonchev–Trinajstić information content (AvgIpc) is 2.29. The van der Waals surface area contributed by atoms with Gasteiger partial charge in [0.25, 0.3) is 0 Å². The lowest BCUT2D eigenvalue weighted by atomic mass is 10.0. The van der Waals surface area contributed by atoms with Crippen LogP contribution in [-0.2, 0) is 5.75 Å². The van der Waals surface area contributed by atoms with Crippen LogP contribution in [-0.4, -0.2) is 11.6 Å². The molecular weight excluding hydrogens is 236 g/mol. The van der Waals surface area contributed by atoms with Gasteiger partial charge in [0, 0.05) is 11.6 Å². The highest BCUT2D eigenvalue weighted by molar-refractivity contribution is 7.98. The average molecular weight is 257 g/mol. The van der Waals surface area contributed by atoms with Gasteiger partial charge in [-0.3, -0.25) is 0 Å². The molecule has 90 valence electrons. The van der Waals surface area contributed by atoms with Crippen molar-refractivity contribution >= 4 is 23.4 Å². The second-order valence-corrected chi connectivity index (χ2v) is 6.01. The number of thioether (sulfide) groups is 1. The SMILES string of the molecule is CC(CCl)CSCc1ccc(C(C)C)cc1. The molecule has 0 aromatic heterocycles. The van der Waals surface area contributed by atoms with E-state index in [4.69, 9.17) is 11.6 Å². The minimum atomic E-state index is 0.613. The van der Waals surface area contributed by atoms with Crippen LogP contribution in [0.5, 0.6) is 0 Å². The molecule has 0 aliphatic carbocycles. The monoisotopic (exact) mass is 256 g/mol. The summed E-state index contributed by atoms with van der Waals surface area (Å²) in [6.07, 6.45) is 0. The van der Waals surface area contributed by atoms with E-state index in [9.17, 15) is 0 Å². The van der Waals surface area contributed by atoms with Gasteiger partial charge in [0.05, 0.1) is 0 Å². The summed E-state index contributed by atoms with van der Waals surface area (Å²) in [5.41, 5.74) is 2.83. The number of halogens is 1. The molecule has 1 rings (SSSR count). The first-order valence-corrected chi connectivity index (χ1v) is 7.55. The number of hydrogen-bond donors (Lipinski definition) is 0. The molecule has 0 nitrogen and oxygen atoms in total. The van der Waals surface area contributed by atoms with Gasteiger partial charge in [0.15, 0.2) is 0 Å². The Morgan fingerprint density at radius 3 is 2.25 bits per heavy atom. The van der Waals surface area contributed by atoms with Crippen LogP contribution in [0.2, 0.25) is 0 Å². The second kappa shape index (κ2) is 7.24. The van der Waals surface area contributed by atoms with E-state index in [1.54, 1.807) is 0 Å². The summed E-state index contributed by atoms with van der Waals surface area (Å²) in [5.74, 6) is 4.24.